The average Bonchev–Trinajstić information content (AvgIpc) is 3.03. The van der Waals surface area contributed by atoms with Gasteiger partial charge in [0.15, 0.2) is 0 Å². The molecule has 1 aliphatic rings. The van der Waals surface area contributed by atoms with E-state index in [1.807, 2.05) is 18.2 Å². The number of hydrogen-bond donors (Lipinski definition) is 2. The molecule has 7 heteroatoms. The highest BCUT2D eigenvalue weighted by atomic mass is 35.5. The molecule has 108 valence electrons. The highest BCUT2D eigenvalue weighted by molar-refractivity contribution is 5.85. The maximum Gasteiger partial charge on any atom is 0.223 e. The Morgan fingerprint density at radius 2 is 2.15 bits per heavy atom. The highest BCUT2D eigenvalue weighted by Crippen LogP contribution is 2.24. The summed E-state index contributed by atoms with van der Waals surface area (Å²) in [4.78, 5) is 12.0. The molecule has 0 spiro atoms. The third kappa shape index (κ3) is 3.08. The molecular formula is C13H17ClN4O2. The summed E-state index contributed by atoms with van der Waals surface area (Å²) in [6, 6.07) is 5.78. The summed E-state index contributed by atoms with van der Waals surface area (Å²) in [6.45, 7) is 0.493. The van der Waals surface area contributed by atoms with Gasteiger partial charge in [0.2, 0.25) is 5.91 Å². The van der Waals surface area contributed by atoms with Crippen molar-refractivity contribution in [3.63, 3.8) is 0 Å². The van der Waals surface area contributed by atoms with Crippen LogP contribution in [-0.2, 0) is 11.3 Å². The molecule has 0 unspecified atom stereocenters. The third-order valence-corrected chi connectivity index (χ3v) is 3.63. The highest BCUT2D eigenvalue weighted by Gasteiger charge is 2.27. The van der Waals surface area contributed by atoms with Crippen LogP contribution in [0.25, 0.3) is 11.0 Å². The van der Waals surface area contributed by atoms with Gasteiger partial charge < -0.3 is 11.1 Å². The van der Waals surface area contributed by atoms with Gasteiger partial charge in [0.1, 0.15) is 11.0 Å². The van der Waals surface area contributed by atoms with Crippen LogP contribution in [0.1, 0.15) is 24.8 Å². The molecule has 0 saturated heterocycles. The molecule has 2 atom stereocenters. The number of nitrogens with zero attached hydrogens (tertiary/aromatic N) is 2. The number of aromatic nitrogens is 2. The zero-order chi connectivity index (χ0) is 13.2. The number of carbonyl (C=O) groups is 1. The van der Waals surface area contributed by atoms with Crippen molar-refractivity contribution in [1.29, 1.82) is 0 Å². The Kier molecular flexibility index (Phi) is 4.57. The molecule has 1 aliphatic carbocycles. The Hall–Kier alpha value is -1.66. The third-order valence-electron chi connectivity index (χ3n) is 3.63. The quantitative estimate of drug-likeness (QED) is 0.892. The van der Waals surface area contributed by atoms with Crippen molar-refractivity contribution in [2.75, 3.05) is 0 Å². The molecular weight excluding hydrogens is 280 g/mol. The van der Waals surface area contributed by atoms with Crippen molar-refractivity contribution in [3.05, 3.63) is 23.8 Å². The molecule has 1 fully saturated rings. The average molecular weight is 297 g/mol. The number of carbonyl (C=O) groups excluding carboxylic acids is 1. The molecule has 1 amide bonds. The Labute approximate surface area is 122 Å². The standard InChI is InChI=1S/C13H16N4O2.ClH/c14-10-3-2-9(6-10)13(18)15-7-8-1-4-11-12(5-8)17-19-16-11;/h1,4-5,9-10H,2-3,6-7,14H2,(H,15,18);1H/t9-,10+;/m0./s1. The van der Waals surface area contributed by atoms with Gasteiger partial charge in [-0.2, -0.15) is 0 Å². The van der Waals surface area contributed by atoms with Crippen LogP contribution in [0.3, 0.4) is 0 Å². The van der Waals surface area contributed by atoms with Crippen molar-refractivity contribution in [3.8, 4) is 0 Å². The summed E-state index contributed by atoms with van der Waals surface area (Å²) in [5.41, 5.74) is 8.22. The minimum absolute atomic E-state index is 0. The number of hydrogen-bond acceptors (Lipinski definition) is 5. The van der Waals surface area contributed by atoms with Gasteiger partial charge in [-0.1, -0.05) is 6.07 Å². The predicted molar refractivity (Wildman–Crippen MR) is 76.2 cm³/mol. The zero-order valence-electron chi connectivity index (χ0n) is 10.9. The summed E-state index contributed by atoms with van der Waals surface area (Å²) in [5, 5.41) is 10.5. The molecule has 1 aromatic carbocycles. The molecule has 0 bridgehead atoms. The van der Waals surface area contributed by atoms with Gasteiger partial charge in [-0.15, -0.1) is 12.4 Å². The Balaban J connectivity index is 0.00000147. The Bertz CT molecular complexity index is 601. The predicted octanol–water partition coefficient (Wildman–Crippen LogP) is 1.39. The van der Waals surface area contributed by atoms with E-state index in [9.17, 15) is 4.79 Å². The fraction of sp³-hybridized carbons (Fsp3) is 0.462. The van der Waals surface area contributed by atoms with Gasteiger partial charge in [-0.25, -0.2) is 4.63 Å². The van der Waals surface area contributed by atoms with E-state index < -0.39 is 0 Å². The molecule has 1 heterocycles. The van der Waals surface area contributed by atoms with Gasteiger partial charge in [0.25, 0.3) is 0 Å². The van der Waals surface area contributed by atoms with Crippen molar-refractivity contribution in [2.24, 2.45) is 11.7 Å². The largest absolute Gasteiger partial charge is 0.352 e. The minimum atomic E-state index is 0. The van der Waals surface area contributed by atoms with Crippen molar-refractivity contribution >= 4 is 29.3 Å². The second-order valence-electron chi connectivity index (χ2n) is 5.08. The van der Waals surface area contributed by atoms with Gasteiger partial charge in [0.05, 0.1) is 0 Å². The van der Waals surface area contributed by atoms with E-state index in [1.54, 1.807) is 0 Å². The number of halogens is 1. The van der Waals surface area contributed by atoms with E-state index in [1.165, 1.54) is 0 Å². The topological polar surface area (TPSA) is 94.0 Å². The summed E-state index contributed by atoms with van der Waals surface area (Å²) in [6.07, 6.45) is 2.62. The molecule has 2 aromatic rings. The van der Waals surface area contributed by atoms with Gasteiger partial charge in [0, 0.05) is 18.5 Å². The van der Waals surface area contributed by atoms with Crippen LogP contribution < -0.4 is 11.1 Å². The van der Waals surface area contributed by atoms with Crippen LogP contribution in [-0.4, -0.2) is 22.3 Å². The summed E-state index contributed by atoms with van der Waals surface area (Å²) < 4.78 is 4.64. The van der Waals surface area contributed by atoms with Crippen molar-refractivity contribution in [1.82, 2.24) is 15.6 Å². The number of benzene rings is 1. The second kappa shape index (κ2) is 6.19. The van der Waals surface area contributed by atoms with E-state index in [4.69, 9.17) is 5.73 Å². The SMILES string of the molecule is Cl.N[C@@H]1CC[C@H](C(=O)NCc2ccc3nonc3c2)C1. The lowest BCUT2D eigenvalue weighted by Gasteiger charge is -2.10. The number of rotatable bonds is 3. The van der Waals surface area contributed by atoms with Crippen molar-refractivity contribution < 1.29 is 9.42 Å². The minimum Gasteiger partial charge on any atom is -0.352 e. The van der Waals surface area contributed by atoms with Gasteiger partial charge in [-0.05, 0) is 47.3 Å². The van der Waals surface area contributed by atoms with E-state index in [0.29, 0.717) is 12.1 Å². The number of nitrogens with two attached hydrogens (primary N) is 1. The summed E-state index contributed by atoms with van der Waals surface area (Å²) in [7, 11) is 0. The van der Waals surface area contributed by atoms with Crippen molar-refractivity contribution in [2.45, 2.75) is 31.8 Å². The fourth-order valence-electron chi connectivity index (χ4n) is 2.53. The monoisotopic (exact) mass is 296 g/mol. The van der Waals surface area contributed by atoms with Crippen LogP contribution >= 0.6 is 12.4 Å². The van der Waals surface area contributed by atoms with Crippen LogP contribution in [0.4, 0.5) is 0 Å². The Morgan fingerprint density at radius 3 is 2.90 bits per heavy atom. The summed E-state index contributed by atoms with van der Waals surface area (Å²) >= 11 is 0. The van der Waals surface area contributed by atoms with E-state index in [-0.39, 0.29) is 30.3 Å². The fourth-order valence-corrected chi connectivity index (χ4v) is 2.53. The first-order valence-electron chi connectivity index (χ1n) is 6.47. The first-order valence-corrected chi connectivity index (χ1v) is 6.47. The second-order valence-corrected chi connectivity index (χ2v) is 5.08. The lowest BCUT2D eigenvalue weighted by molar-refractivity contribution is -0.125. The van der Waals surface area contributed by atoms with Crippen LogP contribution in [0, 0.1) is 5.92 Å². The lowest BCUT2D eigenvalue weighted by atomic mass is 10.1. The molecule has 1 saturated carbocycles. The zero-order valence-corrected chi connectivity index (χ0v) is 11.7. The summed E-state index contributed by atoms with van der Waals surface area (Å²) in [5.74, 6) is 0.152. The maximum absolute atomic E-state index is 12.0. The lowest BCUT2D eigenvalue weighted by Crippen LogP contribution is -2.29. The molecule has 3 rings (SSSR count). The Morgan fingerprint density at radius 1 is 1.35 bits per heavy atom. The van der Waals surface area contributed by atoms with Crippen LogP contribution in [0.5, 0.6) is 0 Å². The first kappa shape index (κ1) is 14.7. The normalized spacial score (nSPS) is 21.6. The van der Waals surface area contributed by atoms with Crippen LogP contribution in [0.15, 0.2) is 22.8 Å². The van der Waals surface area contributed by atoms with E-state index >= 15 is 0 Å². The van der Waals surface area contributed by atoms with E-state index in [2.05, 4.69) is 20.3 Å². The first-order chi connectivity index (χ1) is 9.22. The number of amides is 1. The molecule has 0 aliphatic heterocycles. The molecule has 3 N–H and O–H groups in total. The number of fused-ring (bicyclic) bond motifs is 1. The van der Waals surface area contributed by atoms with Gasteiger partial charge in [-0.3, -0.25) is 4.79 Å². The molecule has 0 radical (unpaired) electrons. The maximum atomic E-state index is 12.0. The van der Waals surface area contributed by atoms with E-state index in [0.717, 1.165) is 30.3 Å². The van der Waals surface area contributed by atoms with Crippen LogP contribution in [0.2, 0.25) is 0 Å². The molecule has 6 nitrogen and oxygen atoms in total. The molecule has 1 aromatic heterocycles. The number of nitrogens with one attached hydrogen (secondary N) is 1. The molecule has 20 heavy (non-hydrogen) atoms. The van der Waals surface area contributed by atoms with Gasteiger partial charge >= 0.3 is 0 Å². The smallest absolute Gasteiger partial charge is 0.223 e.